The average molecular weight is 1690 g/mol. The molecule has 32 nitrogen and oxygen atoms in total. The number of carbonyl (C=O) groups excluding carboxylic acids is 16. The second kappa shape index (κ2) is 38.1. The summed E-state index contributed by atoms with van der Waals surface area (Å²) in [6, 6.07) is -1.62. The van der Waals surface area contributed by atoms with Crippen molar-refractivity contribution >= 4 is 153 Å². The van der Waals surface area contributed by atoms with Gasteiger partial charge in [-0.05, 0) is 94.9 Å². The molecule has 6 N–H and O–H groups in total. The van der Waals surface area contributed by atoms with Crippen molar-refractivity contribution in [1.82, 2.24) is 19.6 Å². The van der Waals surface area contributed by atoms with Gasteiger partial charge in [0.15, 0.2) is 23.1 Å². The first-order chi connectivity index (χ1) is 52.2. The van der Waals surface area contributed by atoms with Crippen LogP contribution in [0.1, 0.15) is 174 Å². The summed E-state index contributed by atoms with van der Waals surface area (Å²) in [5, 5.41) is 56.9. The molecule has 4 amide bonds. The number of hydrogen-bond acceptors (Lipinski definition) is 30. The van der Waals surface area contributed by atoms with Crippen molar-refractivity contribution in [3.05, 3.63) is 42.4 Å². The number of esters is 4. The number of β-lactam (4-membered cyclic amide) rings is 4. The van der Waals surface area contributed by atoms with Gasteiger partial charge >= 0.3 is 94.9 Å². The van der Waals surface area contributed by atoms with Gasteiger partial charge in [0.05, 0.1) is 130 Å². The fourth-order valence-electron chi connectivity index (χ4n) is 16.0. The predicted octanol–water partition coefficient (Wildman–Crippen LogP) is -1.73. The van der Waals surface area contributed by atoms with E-state index in [1.807, 2.05) is 27.7 Å². The Bertz CT molecular complexity index is 3900. The van der Waals surface area contributed by atoms with Crippen LogP contribution < -0.4 is 59.1 Å². The Labute approximate surface area is 719 Å². The molecule has 20 atom stereocenters. The van der Waals surface area contributed by atoms with E-state index in [0.717, 1.165) is 0 Å². The van der Waals surface area contributed by atoms with Crippen LogP contribution >= 0.6 is 47.0 Å². The van der Waals surface area contributed by atoms with Crippen molar-refractivity contribution in [1.29, 1.82) is 0 Å². The van der Waals surface area contributed by atoms with Gasteiger partial charge in [0.25, 0.3) is 0 Å². The largest absolute Gasteiger partial charge is 1.00 e. The number of amides is 4. The van der Waals surface area contributed by atoms with Gasteiger partial charge in [-0.3, -0.25) is 67.1 Å². The number of ketones is 8. The van der Waals surface area contributed by atoms with Crippen molar-refractivity contribution in [2.24, 2.45) is 58.2 Å². The fourth-order valence-corrected chi connectivity index (χ4v) is 21.7. The zero-order valence-corrected chi connectivity index (χ0v) is 73.8. The number of ether oxygens (including phenoxy) is 4. The molecule has 0 spiro atoms. The topological polar surface area (TPSA) is 479 Å². The Morgan fingerprint density at radius 1 is 0.368 bits per heavy atom. The number of hydrogen-bond donors (Lipinski definition) is 6. The summed E-state index contributed by atoms with van der Waals surface area (Å²) in [6.07, 6.45) is -1.26. The summed E-state index contributed by atoms with van der Waals surface area (Å²) in [5.74, 6) is -11.6. The quantitative estimate of drug-likeness (QED) is 0.0259. The number of aliphatic hydroxyl groups is 4. The number of carbonyl (C=O) groups is 18. The van der Waals surface area contributed by atoms with Crippen LogP contribution in [-0.4, -0.2) is 239 Å². The molecule has 8 aliphatic heterocycles. The number of Topliss-reactive ketones (excluding diaryl/α,β-unsaturated/α-hetero) is 8. The number of carboxylic acids is 2. The molecule has 0 radical (unpaired) electrons. The molecule has 12 aliphatic rings. The summed E-state index contributed by atoms with van der Waals surface area (Å²) in [6.45, 7) is 22.2. The number of rotatable bonds is 20. The average Bonchev–Trinajstić information content (AvgIpc) is 1.57. The number of carboxylic acid groups (broad SMARTS) is 2. The summed E-state index contributed by atoms with van der Waals surface area (Å²) in [7, 11) is 0. The van der Waals surface area contributed by atoms with Gasteiger partial charge in [-0.1, -0.05) is 27.7 Å². The third kappa shape index (κ3) is 19.4. The molecule has 0 unspecified atom stereocenters. The minimum Gasteiger partial charge on any atom is -0.477 e. The van der Waals surface area contributed by atoms with Crippen molar-refractivity contribution < 1.29 is 195 Å². The third-order valence-electron chi connectivity index (χ3n) is 22.0. The summed E-state index contributed by atoms with van der Waals surface area (Å²) in [5.41, 5.74) is -1.66. The van der Waals surface area contributed by atoms with Crippen LogP contribution in [0.2, 0.25) is 0 Å². The van der Waals surface area contributed by atoms with E-state index in [2.05, 4.69) is 0 Å². The number of fused-ring (bicyclic) bond motifs is 4. The van der Waals surface area contributed by atoms with Crippen LogP contribution in [0, 0.1) is 58.2 Å². The molecule has 4 saturated carbocycles. The SMILES string of the molecule is C[C@@H](O)[C@H]1C(=O)N2C(C(=O)O)=C(S[C@@H]3CCC(=O)CC3=O)[C@H](C)[C@H]12.C[C@@H](O)[C@H]1C(=O)N2C(C(=O)O)=C(S[C@H]3CCC(=O)CC3=O)[C@H](C)[C@H]12.C[C@@H](O)[C@H]1C(=O)N2C(C(=O)OCOC(=O)C(C)(C)C)=C(S[C@@H]3CCC(=O)CC3=O)[C@H](C)[C@H]12.C[C@@H](O)[C@H]1C(=O)N2C(C(=O)OCOC(=O)C(C)(C)C)=C(S[C@H]3CCC(=O)CC3=O)[C@H](C)[C@H]12.[Na+].[Na+]. The molecular weight excluding hydrogens is 1590 g/mol. The molecule has 0 bridgehead atoms. The molecule has 4 saturated heterocycles. The second-order valence-electron chi connectivity index (χ2n) is 32.2. The van der Waals surface area contributed by atoms with Crippen LogP contribution in [-0.2, 0) is 105 Å². The zero-order valence-electron chi connectivity index (χ0n) is 66.5. The van der Waals surface area contributed by atoms with Crippen LogP contribution in [0.3, 0.4) is 0 Å². The van der Waals surface area contributed by atoms with Crippen molar-refractivity contribution in [3.8, 4) is 0 Å². The van der Waals surface area contributed by atoms with Crippen LogP contribution in [0.5, 0.6) is 0 Å². The first-order valence-corrected chi connectivity index (χ1v) is 40.7. The van der Waals surface area contributed by atoms with E-state index in [9.17, 15) is 117 Å². The molecule has 8 fully saturated rings. The second-order valence-corrected chi connectivity index (χ2v) is 37.2. The molecule has 4 aliphatic carbocycles. The molecule has 114 heavy (non-hydrogen) atoms. The van der Waals surface area contributed by atoms with Gasteiger partial charge in [0.2, 0.25) is 37.2 Å². The van der Waals surface area contributed by atoms with E-state index in [0.29, 0.717) is 58.1 Å². The molecular formula is C76H96N4Na2O28S4+2. The number of nitrogens with zero attached hydrogens (tertiary/aromatic N) is 4. The van der Waals surface area contributed by atoms with Crippen LogP contribution in [0.15, 0.2) is 42.4 Å². The minimum atomic E-state index is -1.21. The Hall–Kier alpha value is -5.74. The Kier molecular flexibility index (Phi) is 31.9. The van der Waals surface area contributed by atoms with Crippen molar-refractivity contribution in [3.63, 3.8) is 0 Å². The van der Waals surface area contributed by atoms with Gasteiger partial charge in [0, 0.05) is 69.0 Å². The Morgan fingerprint density at radius 2 is 0.570 bits per heavy atom. The van der Waals surface area contributed by atoms with E-state index < -0.39 is 153 Å². The van der Waals surface area contributed by atoms with Crippen LogP contribution in [0.25, 0.3) is 0 Å². The summed E-state index contributed by atoms with van der Waals surface area (Å²) in [4.78, 5) is 225. The van der Waals surface area contributed by atoms with Gasteiger partial charge in [-0.25, -0.2) is 19.2 Å². The molecule has 0 aromatic carbocycles. The van der Waals surface area contributed by atoms with Gasteiger partial charge in [-0.2, -0.15) is 0 Å². The first-order valence-electron chi connectivity index (χ1n) is 37.2. The van der Waals surface area contributed by atoms with E-state index in [-0.39, 0.29) is 214 Å². The molecule has 12 rings (SSSR count). The molecule has 8 heterocycles. The molecule has 612 valence electrons. The Morgan fingerprint density at radius 3 is 0.754 bits per heavy atom. The normalized spacial score (nSPS) is 30.7. The standard InChI is InChI=1S/2C22H29NO8S.2C16H19NO6S.2Na/c2*1-10-16-15(11(2)24)19(27)23(16)17(20(28)30-9-31-21(29)22(3,4)5)18(10)32-14-7-6-12(25)8-13(14)26;2*1-6-12-11(7(2)18)15(21)17(12)13(16(22)23)14(6)24-10-4-3-8(19)5-9(10)20;;/h2*10-11,14-16,24H,6-9H2,1-5H3;2*6-7,10-12,18H,3-5H2,1-2H3,(H,22,23);;/q;;;;2*+1/t10-,11-,14+,15-,16-;10-,11-,14-,15-,16-;6-,7-,10+,11-,12-;6-,7-,10-,11-,12-;;/m1111../s1. The van der Waals surface area contributed by atoms with E-state index in [1.165, 1.54) is 94.3 Å². The predicted molar refractivity (Wildman–Crippen MR) is 397 cm³/mol. The van der Waals surface area contributed by atoms with E-state index >= 15 is 0 Å². The van der Waals surface area contributed by atoms with Crippen LogP contribution in [0.4, 0.5) is 0 Å². The summed E-state index contributed by atoms with van der Waals surface area (Å²) >= 11 is 4.70. The Balaban J connectivity index is 0.000000211. The van der Waals surface area contributed by atoms with Gasteiger partial charge in [-0.15, -0.1) is 47.0 Å². The molecule has 0 aromatic heterocycles. The van der Waals surface area contributed by atoms with Gasteiger partial charge < -0.3 is 69.2 Å². The minimum absolute atomic E-state index is 0. The van der Waals surface area contributed by atoms with E-state index in [1.54, 1.807) is 41.5 Å². The molecule has 0 aromatic rings. The summed E-state index contributed by atoms with van der Waals surface area (Å²) < 4.78 is 20.3. The smallest absolute Gasteiger partial charge is 0.477 e. The maximum atomic E-state index is 12.9. The van der Waals surface area contributed by atoms with Crippen molar-refractivity contribution in [2.45, 2.75) is 244 Å². The maximum Gasteiger partial charge on any atom is 1.00 e. The zero-order chi connectivity index (χ0) is 83.4. The van der Waals surface area contributed by atoms with Crippen molar-refractivity contribution in [2.75, 3.05) is 13.6 Å². The number of aliphatic hydroxyl groups excluding tert-OH is 4. The monoisotopic (exact) mass is 1690 g/mol. The maximum absolute atomic E-state index is 12.9. The molecule has 38 heteroatoms. The van der Waals surface area contributed by atoms with E-state index in [4.69, 9.17) is 18.9 Å². The van der Waals surface area contributed by atoms with Gasteiger partial charge in [0.1, 0.15) is 45.9 Å². The number of aliphatic carboxylic acids is 2. The fraction of sp³-hybridized carbons (Fsp3) is 0.658. The first kappa shape index (κ1) is 95.4. The number of thioether (sulfide) groups is 4. The third-order valence-corrected chi connectivity index (χ3v) is 28.4.